The molecule has 0 atom stereocenters. The molecule has 1 aliphatic heterocycles. The molecule has 0 bridgehead atoms. The van der Waals surface area contributed by atoms with Gasteiger partial charge in [0.1, 0.15) is 5.75 Å². The quantitative estimate of drug-likeness (QED) is 0.262. The second-order valence-corrected chi connectivity index (χ2v) is 11.3. The third-order valence-electron chi connectivity index (χ3n) is 7.01. The van der Waals surface area contributed by atoms with Gasteiger partial charge in [-0.05, 0) is 118 Å². The molecule has 224 valence electrons. The summed E-state index contributed by atoms with van der Waals surface area (Å²) < 4.78 is 0. The Morgan fingerprint density at radius 2 is 1.61 bits per heavy atom. The minimum absolute atomic E-state index is 0.127. The Kier molecular flexibility index (Phi) is 17.8. The van der Waals surface area contributed by atoms with Crippen LogP contribution in [0.15, 0.2) is 91.6 Å². The fraction of sp³-hybridized carbons (Fsp3) is 0.421. The number of likely N-dealkylation sites (tertiary alicyclic amines) is 1. The Labute approximate surface area is 256 Å². The average Bonchev–Trinajstić information content (AvgIpc) is 2.98. The fourth-order valence-corrected chi connectivity index (χ4v) is 4.95. The van der Waals surface area contributed by atoms with Crippen LogP contribution in [0.3, 0.4) is 0 Å². The molecule has 3 heteroatoms. The molecule has 0 aromatic heterocycles. The molecule has 1 fully saturated rings. The molecule has 0 unspecified atom stereocenters. The Morgan fingerprint density at radius 3 is 2.10 bits per heavy atom. The fourth-order valence-electron chi connectivity index (χ4n) is 4.68. The van der Waals surface area contributed by atoms with Gasteiger partial charge in [-0.25, -0.2) is 0 Å². The third kappa shape index (κ3) is 14.1. The van der Waals surface area contributed by atoms with Crippen molar-refractivity contribution in [3.05, 3.63) is 119 Å². The number of aromatic hydroxyl groups is 1. The van der Waals surface area contributed by atoms with Crippen LogP contribution >= 0.6 is 11.6 Å². The topological polar surface area (TPSA) is 23.5 Å². The zero-order valence-corrected chi connectivity index (χ0v) is 27.4. The van der Waals surface area contributed by atoms with Crippen molar-refractivity contribution in [1.82, 2.24) is 4.90 Å². The van der Waals surface area contributed by atoms with Crippen LogP contribution in [-0.2, 0) is 13.0 Å². The minimum atomic E-state index is 0.127. The van der Waals surface area contributed by atoms with E-state index in [1.54, 1.807) is 24.6 Å². The highest BCUT2D eigenvalue weighted by Crippen LogP contribution is 2.31. The van der Waals surface area contributed by atoms with Gasteiger partial charge in [0, 0.05) is 6.54 Å². The van der Waals surface area contributed by atoms with E-state index in [0.29, 0.717) is 5.02 Å². The summed E-state index contributed by atoms with van der Waals surface area (Å²) in [5.41, 5.74) is 8.08. The van der Waals surface area contributed by atoms with Crippen molar-refractivity contribution >= 4 is 17.2 Å². The largest absolute Gasteiger partial charge is 0.506 e. The lowest BCUT2D eigenvalue weighted by molar-refractivity contribution is 0.177. The summed E-state index contributed by atoms with van der Waals surface area (Å²) in [6.07, 6.45) is 16.4. The molecular formula is C38H54ClNO. The lowest BCUT2D eigenvalue weighted by atomic mass is 9.88. The molecule has 0 radical (unpaired) electrons. The number of phenolic OH excluding ortho intramolecular Hbond substituents is 1. The van der Waals surface area contributed by atoms with Crippen LogP contribution in [-0.4, -0.2) is 23.1 Å². The van der Waals surface area contributed by atoms with E-state index in [4.69, 9.17) is 11.6 Å². The smallest absolute Gasteiger partial charge is 0.137 e. The molecule has 4 rings (SSSR count). The number of halogens is 1. The van der Waals surface area contributed by atoms with Gasteiger partial charge in [-0.3, -0.25) is 4.90 Å². The number of nitrogens with zero attached hydrogens (tertiary/aromatic N) is 1. The number of rotatable bonds is 7. The SMILES string of the molecule is C=C(C)C.C=CC(=C)c1cc(C)c(O)c(Cl)c1.CC.CCc1ccc(CN2CCC(CC3=CCCC=C3)CC2)cc1. The zero-order chi connectivity index (χ0) is 30.8. The maximum atomic E-state index is 9.40. The first-order valence-corrected chi connectivity index (χ1v) is 15.6. The van der Waals surface area contributed by atoms with Gasteiger partial charge in [0.2, 0.25) is 0 Å². The summed E-state index contributed by atoms with van der Waals surface area (Å²) in [5, 5.41) is 9.74. The van der Waals surface area contributed by atoms with Crippen molar-refractivity contribution in [3.8, 4) is 5.75 Å². The Hall–Kier alpha value is -2.81. The normalized spacial score (nSPS) is 14.7. The molecule has 1 aliphatic carbocycles. The molecule has 1 N–H and O–H groups in total. The lowest BCUT2D eigenvalue weighted by Gasteiger charge is -2.32. The van der Waals surface area contributed by atoms with Crippen LogP contribution in [0.1, 0.15) is 89.0 Å². The standard InChI is InChI=1S/C21H29N.C11H11ClO.C4H8.C2H6/c1-2-18-8-10-21(11-9-18)17-22-14-12-20(13-15-22)16-19-6-4-3-5-7-19;1-4-7(2)9-5-8(3)11(13)10(12)6-9;1-4(2)3;1-2/h4,6-11,20H,2-3,5,12-17H2,1H3;4-6,13H,1-2H2,3H3;1H2,2-3H3;1-2H3. The number of benzene rings is 2. The number of allylic oxidation sites excluding steroid dienone is 7. The van der Waals surface area contributed by atoms with Crippen molar-refractivity contribution in [3.63, 3.8) is 0 Å². The van der Waals surface area contributed by atoms with E-state index in [0.717, 1.165) is 35.6 Å². The Morgan fingerprint density at radius 1 is 1.02 bits per heavy atom. The Bertz CT molecular complexity index is 1120. The van der Waals surface area contributed by atoms with E-state index in [1.807, 2.05) is 33.8 Å². The molecule has 0 spiro atoms. The predicted octanol–water partition coefficient (Wildman–Crippen LogP) is 11.3. The molecule has 2 aromatic rings. The molecule has 1 heterocycles. The number of aryl methyl sites for hydroxylation is 2. The molecule has 2 aliphatic rings. The van der Waals surface area contributed by atoms with Gasteiger partial charge < -0.3 is 5.11 Å². The molecule has 0 amide bonds. The van der Waals surface area contributed by atoms with E-state index in [9.17, 15) is 5.11 Å². The first-order valence-electron chi connectivity index (χ1n) is 15.2. The number of hydrogen-bond donors (Lipinski definition) is 1. The highest BCUT2D eigenvalue weighted by Gasteiger charge is 2.20. The van der Waals surface area contributed by atoms with Gasteiger partial charge in [-0.1, -0.05) is 105 Å². The van der Waals surface area contributed by atoms with Crippen LogP contribution in [0.4, 0.5) is 0 Å². The van der Waals surface area contributed by atoms with Gasteiger partial charge in [0.05, 0.1) is 5.02 Å². The van der Waals surface area contributed by atoms with Crippen molar-refractivity contribution in [2.75, 3.05) is 13.1 Å². The van der Waals surface area contributed by atoms with Crippen LogP contribution < -0.4 is 0 Å². The number of phenols is 1. The van der Waals surface area contributed by atoms with E-state index in [2.05, 4.69) is 74.1 Å². The summed E-state index contributed by atoms with van der Waals surface area (Å²) in [7, 11) is 0. The van der Waals surface area contributed by atoms with Gasteiger partial charge in [0.15, 0.2) is 0 Å². The van der Waals surface area contributed by atoms with E-state index in [-0.39, 0.29) is 5.75 Å². The molecule has 41 heavy (non-hydrogen) atoms. The van der Waals surface area contributed by atoms with Crippen LogP contribution in [0.25, 0.3) is 5.57 Å². The molecule has 0 saturated carbocycles. The Balaban J connectivity index is 0.000000376. The second-order valence-electron chi connectivity index (χ2n) is 10.9. The molecular weight excluding hydrogens is 522 g/mol. The summed E-state index contributed by atoms with van der Waals surface area (Å²) >= 11 is 5.79. The van der Waals surface area contributed by atoms with Crippen molar-refractivity contribution in [2.24, 2.45) is 5.92 Å². The monoisotopic (exact) mass is 575 g/mol. The summed E-state index contributed by atoms with van der Waals surface area (Å²) in [6.45, 7) is 26.6. The number of piperidine rings is 1. The van der Waals surface area contributed by atoms with Crippen molar-refractivity contribution in [1.29, 1.82) is 0 Å². The van der Waals surface area contributed by atoms with Crippen LogP contribution in [0.5, 0.6) is 5.75 Å². The van der Waals surface area contributed by atoms with E-state index in [1.165, 1.54) is 61.9 Å². The molecule has 2 nitrogen and oxygen atoms in total. The highest BCUT2D eigenvalue weighted by molar-refractivity contribution is 6.32. The van der Waals surface area contributed by atoms with Crippen LogP contribution in [0.2, 0.25) is 5.02 Å². The number of hydrogen-bond acceptors (Lipinski definition) is 2. The minimum Gasteiger partial charge on any atom is -0.506 e. The maximum absolute atomic E-state index is 9.40. The van der Waals surface area contributed by atoms with Gasteiger partial charge in [0.25, 0.3) is 0 Å². The van der Waals surface area contributed by atoms with Gasteiger partial charge in [-0.15, -0.1) is 6.58 Å². The highest BCUT2D eigenvalue weighted by atomic mass is 35.5. The zero-order valence-electron chi connectivity index (χ0n) is 26.6. The molecule has 2 aromatic carbocycles. The van der Waals surface area contributed by atoms with E-state index >= 15 is 0 Å². The maximum Gasteiger partial charge on any atom is 0.137 e. The van der Waals surface area contributed by atoms with Crippen molar-refractivity contribution < 1.29 is 5.11 Å². The van der Waals surface area contributed by atoms with Crippen molar-refractivity contribution in [2.45, 2.75) is 86.6 Å². The van der Waals surface area contributed by atoms with Gasteiger partial charge in [-0.2, -0.15) is 0 Å². The lowest BCUT2D eigenvalue weighted by Crippen LogP contribution is -2.33. The predicted molar refractivity (Wildman–Crippen MR) is 184 cm³/mol. The summed E-state index contributed by atoms with van der Waals surface area (Å²) in [6, 6.07) is 12.7. The van der Waals surface area contributed by atoms with Gasteiger partial charge >= 0.3 is 0 Å². The van der Waals surface area contributed by atoms with Crippen LogP contribution in [0, 0.1) is 12.8 Å². The summed E-state index contributed by atoms with van der Waals surface area (Å²) in [5.74, 6) is 1.02. The molecule has 1 saturated heterocycles. The second kappa shape index (κ2) is 20.1. The first-order chi connectivity index (χ1) is 19.6. The van der Waals surface area contributed by atoms with E-state index < -0.39 is 0 Å². The summed E-state index contributed by atoms with van der Waals surface area (Å²) in [4.78, 5) is 2.63. The third-order valence-corrected chi connectivity index (χ3v) is 7.30. The first kappa shape index (κ1) is 36.2. The average molecular weight is 576 g/mol.